The van der Waals surface area contributed by atoms with Crippen molar-refractivity contribution in [3.05, 3.63) is 57.6 Å². The van der Waals surface area contributed by atoms with E-state index in [1.807, 2.05) is 0 Å². The van der Waals surface area contributed by atoms with E-state index in [0.29, 0.717) is 22.8 Å². The molecule has 0 aliphatic heterocycles. The minimum absolute atomic E-state index is 0.0438. The molecule has 0 saturated heterocycles. The summed E-state index contributed by atoms with van der Waals surface area (Å²) in [4.78, 5) is 34.3. The maximum absolute atomic E-state index is 12.1. The van der Waals surface area contributed by atoms with Crippen molar-refractivity contribution in [1.29, 1.82) is 0 Å². The van der Waals surface area contributed by atoms with Crippen LogP contribution in [0.3, 0.4) is 0 Å². The summed E-state index contributed by atoms with van der Waals surface area (Å²) in [6.07, 6.45) is -0.0774. The van der Waals surface area contributed by atoms with Crippen LogP contribution in [0.2, 0.25) is 0 Å². The zero-order valence-electron chi connectivity index (χ0n) is 15.5. The zero-order valence-corrected chi connectivity index (χ0v) is 15.5. The molecular weight excluding hydrogens is 370 g/mol. The monoisotopic (exact) mass is 389 g/mol. The molecule has 148 valence electrons. The van der Waals surface area contributed by atoms with Crippen LogP contribution in [0, 0.1) is 10.1 Å². The van der Waals surface area contributed by atoms with Crippen LogP contribution in [0.25, 0.3) is 0 Å². The molecule has 0 atom stereocenters. The molecule has 2 rings (SSSR count). The number of hydrogen-bond donors (Lipinski definition) is 2. The van der Waals surface area contributed by atoms with Gasteiger partial charge in [0.1, 0.15) is 0 Å². The first-order valence-corrected chi connectivity index (χ1v) is 8.02. The summed E-state index contributed by atoms with van der Waals surface area (Å²) in [5.41, 5.74) is 4.86. The van der Waals surface area contributed by atoms with E-state index in [-0.39, 0.29) is 17.7 Å². The van der Waals surface area contributed by atoms with Crippen LogP contribution in [-0.2, 0) is 11.2 Å². The molecule has 0 saturated carbocycles. The van der Waals surface area contributed by atoms with Crippen molar-refractivity contribution in [2.45, 2.75) is 6.42 Å². The third-order valence-corrected chi connectivity index (χ3v) is 3.72. The topological polar surface area (TPSA) is 129 Å². The highest BCUT2D eigenvalue weighted by molar-refractivity contribution is 5.96. The van der Waals surface area contributed by atoms with Crippen LogP contribution >= 0.6 is 0 Å². The van der Waals surface area contributed by atoms with Gasteiger partial charge in [-0.1, -0.05) is 6.07 Å². The van der Waals surface area contributed by atoms with E-state index < -0.39 is 16.7 Å². The number of benzene rings is 2. The molecule has 2 amide bonds. The van der Waals surface area contributed by atoms with Gasteiger partial charge in [-0.25, -0.2) is 0 Å². The number of nitro benzene ring substituents is 1. The van der Waals surface area contributed by atoms with Crippen LogP contribution in [0.15, 0.2) is 36.4 Å². The summed E-state index contributed by atoms with van der Waals surface area (Å²) in [5.74, 6) is -0.00121. The van der Waals surface area contributed by atoms with Gasteiger partial charge in [-0.05, 0) is 23.8 Å². The first kappa shape index (κ1) is 20.5. The van der Waals surface area contributed by atoms with Gasteiger partial charge < -0.3 is 14.2 Å². The van der Waals surface area contributed by atoms with E-state index in [4.69, 9.17) is 14.2 Å². The van der Waals surface area contributed by atoms with Gasteiger partial charge in [0, 0.05) is 17.7 Å². The first-order valence-electron chi connectivity index (χ1n) is 8.02. The molecule has 0 bridgehead atoms. The fourth-order valence-electron chi connectivity index (χ4n) is 2.43. The molecule has 0 aliphatic rings. The Morgan fingerprint density at radius 3 is 2.18 bits per heavy atom. The minimum atomic E-state index is -0.679. The molecule has 0 aromatic heterocycles. The van der Waals surface area contributed by atoms with E-state index in [1.165, 1.54) is 39.5 Å². The van der Waals surface area contributed by atoms with Crippen molar-refractivity contribution in [2.75, 3.05) is 21.3 Å². The van der Waals surface area contributed by atoms with Gasteiger partial charge in [0.25, 0.3) is 11.6 Å². The average Bonchev–Trinajstić information content (AvgIpc) is 2.71. The lowest BCUT2D eigenvalue weighted by Crippen LogP contribution is -2.42. The molecule has 0 fully saturated rings. The number of hydrazine groups is 1. The van der Waals surface area contributed by atoms with Gasteiger partial charge in [0.2, 0.25) is 11.7 Å². The van der Waals surface area contributed by atoms with Crippen LogP contribution < -0.4 is 25.1 Å². The summed E-state index contributed by atoms with van der Waals surface area (Å²) >= 11 is 0. The Bertz CT molecular complexity index is 873. The van der Waals surface area contributed by atoms with E-state index >= 15 is 0 Å². The molecule has 0 unspecified atom stereocenters. The van der Waals surface area contributed by atoms with E-state index in [9.17, 15) is 19.7 Å². The van der Waals surface area contributed by atoms with Gasteiger partial charge >= 0.3 is 0 Å². The van der Waals surface area contributed by atoms with Gasteiger partial charge in [0.15, 0.2) is 11.5 Å². The number of methoxy groups -OCH3 is 3. The van der Waals surface area contributed by atoms with Crippen LogP contribution in [0.1, 0.15) is 15.9 Å². The molecular formula is C18H19N3O7. The molecule has 0 radical (unpaired) electrons. The minimum Gasteiger partial charge on any atom is -0.493 e. The quantitative estimate of drug-likeness (QED) is 0.544. The number of ether oxygens (including phenoxy) is 3. The first-order chi connectivity index (χ1) is 13.4. The van der Waals surface area contributed by atoms with Crippen molar-refractivity contribution in [3.8, 4) is 17.2 Å². The van der Waals surface area contributed by atoms with E-state index in [1.54, 1.807) is 12.1 Å². The average molecular weight is 389 g/mol. The number of nitrogens with one attached hydrogen (secondary N) is 2. The largest absolute Gasteiger partial charge is 0.493 e. The highest BCUT2D eigenvalue weighted by atomic mass is 16.6. The van der Waals surface area contributed by atoms with Crippen LogP contribution in [-0.4, -0.2) is 38.1 Å². The Hall–Kier alpha value is -3.82. The predicted molar refractivity (Wildman–Crippen MR) is 98.5 cm³/mol. The van der Waals surface area contributed by atoms with Crippen LogP contribution in [0.5, 0.6) is 17.2 Å². The van der Waals surface area contributed by atoms with E-state index in [0.717, 1.165) is 6.07 Å². The van der Waals surface area contributed by atoms with E-state index in [2.05, 4.69) is 10.9 Å². The molecule has 0 heterocycles. The number of carbonyl (C=O) groups excluding carboxylic acids is 2. The molecule has 10 heteroatoms. The van der Waals surface area contributed by atoms with Gasteiger partial charge in [-0.15, -0.1) is 0 Å². The summed E-state index contributed by atoms with van der Waals surface area (Å²) in [6, 6.07) is 8.38. The number of hydrogen-bond acceptors (Lipinski definition) is 7. The van der Waals surface area contributed by atoms with Crippen molar-refractivity contribution in [1.82, 2.24) is 10.9 Å². The molecule has 2 N–H and O–H groups in total. The number of carbonyl (C=O) groups is 2. The zero-order chi connectivity index (χ0) is 20.7. The molecule has 0 aliphatic carbocycles. The second kappa shape index (κ2) is 9.21. The number of nitro groups is 1. The van der Waals surface area contributed by atoms with Crippen LogP contribution in [0.4, 0.5) is 5.69 Å². The second-order valence-electron chi connectivity index (χ2n) is 5.52. The smallest absolute Gasteiger partial charge is 0.270 e. The van der Waals surface area contributed by atoms with Gasteiger partial charge in [-0.3, -0.25) is 30.6 Å². The molecule has 10 nitrogen and oxygen atoms in total. The Morgan fingerprint density at radius 2 is 1.64 bits per heavy atom. The number of rotatable bonds is 7. The fraction of sp³-hybridized carbons (Fsp3) is 0.222. The number of nitrogens with zero attached hydrogens (tertiary/aromatic N) is 1. The molecule has 2 aromatic carbocycles. The highest BCUT2D eigenvalue weighted by Gasteiger charge is 2.16. The Balaban J connectivity index is 2.03. The summed E-state index contributed by atoms with van der Waals surface area (Å²) in [7, 11) is 4.39. The lowest BCUT2D eigenvalue weighted by molar-refractivity contribution is -0.384. The maximum atomic E-state index is 12.1. The lowest BCUT2D eigenvalue weighted by Gasteiger charge is -2.14. The van der Waals surface area contributed by atoms with Crippen molar-refractivity contribution in [2.24, 2.45) is 0 Å². The van der Waals surface area contributed by atoms with Gasteiger partial charge in [-0.2, -0.15) is 0 Å². The normalized spacial score (nSPS) is 9.96. The number of non-ortho nitro benzene ring substituents is 1. The standard InChI is InChI=1S/C18H19N3O7/c1-26-14-7-11(8-15(27-2)17(14)28-3)9-16(22)19-20-18(23)12-5-4-6-13(10-12)21(24)25/h4-8,10H,9H2,1-3H3,(H,19,22)(H,20,23). The Labute approximate surface area is 160 Å². The Morgan fingerprint density at radius 1 is 1.00 bits per heavy atom. The molecule has 0 spiro atoms. The third-order valence-electron chi connectivity index (χ3n) is 3.72. The summed E-state index contributed by atoms with van der Waals surface area (Å²) in [5, 5.41) is 10.8. The fourth-order valence-corrected chi connectivity index (χ4v) is 2.43. The summed E-state index contributed by atoms with van der Waals surface area (Å²) < 4.78 is 15.7. The predicted octanol–water partition coefficient (Wildman–Crippen LogP) is 1.62. The van der Waals surface area contributed by atoms with Crippen molar-refractivity contribution < 1.29 is 28.7 Å². The lowest BCUT2D eigenvalue weighted by atomic mass is 10.1. The number of amides is 2. The molecule has 2 aromatic rings. The summed E-state index contributed by atoms with van der Waals surface area (Å²) in [6.45, 7) is 0. The Kier molecular flexibility index (Phi) is 6.74. The maximum Gasteiger partial charge on any atom is 0.270 e. The van der Waals surface area contributed by atoms with Crippen molar-refractivity contribution >= 4 is 17.5 Å². The third kappa shape index (κ3) is 4.87. The van der Waals surface area contributed by atoms with Gasteiger partial charge in [0.05, 0.1) is 32.7 Å². The molecule has 28 heavy (non-hydrogen) atoms. The SMILES string of the molecule is COc1cc(CC(=O)NNC(=O)c2cccc([N+](=O)[O-])c2)cc(OC)c1OC. The van der Waals surface area contributed by atoms with Crippen molar-refractivity contribution in [3.63, 3.8) is 0 Å². The highest BCUT2D eigenvalue weighted by Crippen LogP contribution is 2.38. The second-order valence-corrected chi connectivity index (χ2v) is 5.52.